The third-order valence-corrected chi connectivity index (χ3v) is 3.12. The summed E-state index contributed by atoms with van der Waals surface area (Å²) < 4.78 is 0. The molecule has 1 heteroatoms. The van der Waals surface area contributed by atoms with Crippen LogP contribution in [-0.2, 0) is 0 Å². The van der Waals surface area contributed by atoms with Gasteiger partial charge in [-0.15, -0.1) is 0 Å². The van der Waals surface area contributed by atoms with E-state index in [9.17, 15) is 0 Å². The van der Waals surface area contributed by atoms with E-state index in [-0.39, 0.29) is 0 Å². The van der Waals surface area contributed by atoms with Crippen LogP contribution in [0, 0.1) is 0 Å². The maximum absolute atomic E-state index is 3.42. The summed E-state index contributed by atoms with van der Waals surface area (Å²) in [6.07, 6.45) is 7.62. The number of rotatable bonds is 3. The summed E-state index contributed by atoms with van der Waals surface area (Å²) in [4.78, 5) is 0. The Bertz CT molecular complexity index is 326. The zero-order valence-corrected chi connectivity index (χ0v) is 9.37. The van der Waals surface area contributed by atoms with Crippen molar-refractivity contribution in [1.29, 1.82) is 0 Å². The molecule has 0 bridgehead atoms. The highest BCUT2D eigenvalue weighted by Crippen LogP contribution is 2.29. The Morgan fingerprint density at radius 3 is 2.53 bits per heavy atom. The molecule has 0 saturated carbocycles. The van der Waals surface area contributed by atoms with Crippen LogP contribution >= 0.6 is 0 Å². The Balaban J connectivity index is 2.20. The number of likely N-dealkylation sites (N-methyl/N-ethyl adjacent to an activating group) is 1. The van der Waals surface area contributed by atoms with Crippen molar-refractivity contribution in [2.75, 3.05) is 7.05 Å². The molecular weight excluding hydrogens is 182 g/mol. The van der Waals surface area contributed by atoms with Gasteiger partial charge in [-0.2, -0.15) is 0 Å². The Labute approximate surface area is 92.2 Å². The molecule has 1 aromatic rings. The van der Waals surface area contributed by atoms with Crippen molar-refractivity contribution >= 4 is 0 Å². The maximum Gasteiger partial charge on any atom is 0.0533 e. The summed E-state index contributed by atoms with van der Waals surface area (Å²) in [6, 6.07) is 11.1. The number of benzene rings is 1. The topological polar surface area (TPSA) is 12.0 Å². The largest absolute Gasteiger partial charge is 0.310 e. The summed E-state index contributed by atoms with van der Waals surface area (Å²) in [7, 11) is 2.05. The van der Waals surface area contributed by atoms with Gasteiger partial charge in [-0.3, -0.25) is 0 Å². The van der Waals surface area contributed by atoms with Gasteiger partial charge < -0.3 is 5.32 Å². The smallest absolute Gasteiger partial charge is 0.0533 e. The van der Waals surface area contributed by atoms with Crippen molar-refractivity contribution in [2.45, 2.75) is 31.7 Å². The summed E-state index contributed by atoms with van der Waals surface area (Å²) in [5.74, 6) is 0. The number of allylic oxidation sites excluding steroid dienone is 1. The fraction of sp³-hybridized carbons (Fsp3) is 0.429. The van der Waals surface area contributed by atoms with Crippen LogP contribution in [-0.4, -0.2) is 7.05 Å². The minimum atomic E-state index is 0.423. The van der Waals surface area contributed by atoms with Crippen molar-refractivity contribution in [3.05, 3.63) is 47.5 Å². The van der Waals surface area contributed by atoms with Crippen molar-refractivity contribution in [3.63, 3.8) is 0 Å². The molecule has 1 aromatic carbocycles. The standard InChI is InChI=1S/C14H19N/c1-15-14(12-8-4-2-5-9-12)13-10-6-3-7-11-13/h2,4-5,8-10,14-15H,3,6-7,11H2,1H3. The first kappa shape index (κ1) is 10.4. The van der Waals surface area contributed by atoms with Crippen LogP contribution in [0.2, 0.25) is 0 Å². The van der Waals surface area contributed by atoms with E-state index >= 15 is 0 Å². The molecule has 80 valence electrons. The summed E-state index contributed by atoms with van der Waals surface area (Å²) in [5.41, 5.74) is 2.95. The monoisotopic (exact) mass is 201 g/mol. The van der Waals surface area contributed by atoms with E-state index < -0.39 is 0 Å². The normalized spacial score (nSPS) is 18.3. The summed E-state index contributed by atoms with van der Waals surface area (Å²) in [5, 5.41) is 3.42. The van der Waals surface area contributed by atoms with Gasteiger partial charge in [0.1, 0.15) is 0 Å². The van der Waals surface area contributed by atoms with Crippen molar-refractivity contribution in [1.82, 2.24) is 5.32 Å². The van der Waals surface area contributed by atoms with Gasteiger partial charge in [0.05, 0.1) is 6.04 Å². The molecule has 0 aromatic heterocycles. The fourth-order valence-corrected chi connectivity index (χ4v) is 2.34. The lowest BCUT2D eigenvalue weighted by atomic mass is 9.90. The van der Waals surface area contributed by atoms with Crippen LogP contribution in [0.4, 0.5) is 0 Å². The molecule has 2 rings (SSSR count). The molecule has 0 saturated heterocycles. The second-order valence-electron chi connectivity index (χ2n) is 4.16. The molecule has 0 radical (unpaired) electrons. The van der Waals surface area contributed by atoms with E-state index in [1.165, 1.54) is 31.2 Å². The fourth-order valence-electron chi connectivity index (χ4n) is 2.34. The Hall–Kier alpha value is -1.08. The molecule has 0 fully saturated rings. The number of hydrogen-bond acceptors (Lipinski definition) is 1. The third kappa shape index (κ3) is 2.48. The van der Waals surface area contributed by atoms with E-state index in [2.05, 4.69) is 41.7 Å². The SMILES string of the molecule is CNC(C1=CCCCC1)c1ccccc1. The molecule has 0 aliphatic heterocycles. The molecule has 1 aliphatic carbocycles. The molecule has 15 heavy (non-hydrogen) atoms. The van der Waals surface area contributed by atoms with Gasteiger partial charge in [0, 0.05) is 0 Å². The highest BCUT2D eigenvalue weighted by atomic mass is 14.9. The lowest BCUT2D eigenvalue weighted by Gasteiger charge is -2.23. The van der Waals surface area contributed by atoms with Gasteiger partial charge in [-0.25, -0.2) is 0 Å². The van der Waals surface area contributed by atoms with Crippen LogP contribution in [0.15, 0.2) is 42.0 Å². The van der Waals surface area contributed by atoms with E-state index in [1.807, 2.05) is 7.05 Å². The van der Waals surface area contributed by atoms with Gasteiger partial charge in [-0.05, 0) is 38.3 Å². The first-order valence-electron chi connectivity index (χ1n) is 5.83. The predicted molar refractivity (Wildman–Crippen MR) is 64.8 cm³/mol. The minimum absolute atomic E-state index is 0.423. The van der Waals surface area contributed by atoms with Crippen LogP contribution in [0.5, 0.6) is 0 Å². The third-order valence-electron chi connectivity index (χ3n) is 3.12. The highest BCUT2D eigenvalue weighted by Gasteiger charge is 2.15. The van der Waals surface area contributed by atoms with Gasteiger partial charge >= 0.3 is 0 Å². The Kier molecular flexibility index (Phi) is 3.57. The first-order valence-corrected chi connectivity index (χ1v) is 5.83. The quantitative estimate of drug-likeness (QED) is 0.739. The van der Waals surface area contributed by atoms with Gasteiger partial charge in [0.15, 0.2) is 0 Å². The number of nitrogens with one attached hydrogen (secondary N) is 1. The maximum atomic E-state index is 3.42. The van der Waals surface area contributed by atoms with Gasteiger partial charge in [-0.1, -0.05) is 42.0 Å². The minimum Gasteiger partial charge on any atom is -0.310 e. The molecule has 1 nitrogen and oxygen atoms in total. The van der Waals surface area contributed by atoms with Crippen LogP contribution < -0.4 is 5.32 Å². The van der Waals surface area contributed by atoms with Crippen LogP contribution in [0.1, 0.15) is 37.3 Å². The molecule has 1 aliphatic rings. The molecule has 0 heterocycles. The highest BCUT2D eigenvalue weighted by molar-refractivity contribution is 5.28. The van der Waals surface area contributed by atoms with Gasteiger partial charge in [0.25, 0.3) is 0 Å². The molecule has 1 unspecified atom stereocenters. The van der Waals surface area contributed by atoms with E-state index in [0.29, 0.717) is 6.04 Å². The van der Waals surface area contributed by atoms with E-state index in [0.717, 1.165) is 0 Å². The second kappa shape index (κ2) is 5.13. The molecule has 0 spiro atoms. The Morgan fingerprint density at radius 2 is 1.93 bits per heavy atom. The first-order chi connectivity index (χ1) is 7.42. The Morgan fingerprint density at radius 1 is 1.13 bits per heavy atom. The average molecular weight is 201 g/mol. The zero-order valence-electron chi connectivity index (χ0n) is 9.37. The zero-order chi connectivity index (χ0) is 10.5. The molecule has 1 atom stereocenters. The number of hydrogen-bond donors (Lipinski definition) is 1. The van der Waals surface area contributed by atoms with Crippen LogP contribution in [0.3, 0.4) is 0 Å². The average Bonchev–Trinajstić information content (AvgIpc) is 2.33. The van der Waals surface area contributed by atoms with Gasteiger partial charge in [0.2, 0.25) is 0 Å². The van der Waals surface area contributed by atoms with Crippen LogP contribution in [0.25, 0.3) is 0 Å². The predicted octanol–water partition coefficient (Wildman–Crippen LogP) is 3.45. The molecule has 0 amide bonds. The summed E-state index contributed by atoms with van der Waals surface area (Å²) >= 11 is 0. The lowest BCUT2D eigenvalue weighted by Crippen LogP contribution is -2.19. The lowest BCUT2D eigenvalue weighted by molar-refractivity contribution is 0.593. The van der Waals surface area contributed by atoms with Crippen molar-refractivity contribution in [3.8, 4) is 0 Å². The van der Waals surface area contributed by atoms with Crippen molar-refractivity contribution < 1.29 is 0 Å². The van der Waals surface area contributed by atoms with Crippen molar-refractivity contribution in [2.24, 2.45) is 0 Å². The van der Waals surface area contributed by atoms with E-state index in [1.54, 1.807) is 5.57 Å². The van der Waals surface area contributed by atoms with E-state index in [4.69, 9.17) is 0 Å². The molecular formula is C14H19N. The second-order valence-corrected chi connectivity index (χ2v) is 4.16. The molecule has 1 N–H and O–H groups in total. The summed E-state index contributed by atoms with van der Waals surface area (Å²) in [6.45, 7) is 0.